The van der Waals surface area contributed by atoms with Gasteiger partial charge in [-0.2, -0.15) is 0 Å². The molecule has 11 heteroatoms. The lowest BCUT2D eigenvalue weighted by Crippen LogP contribution is -2.65. The number of alkyl halides is 4. The van der Waals surface area contributed by atoms with Crippen molar-refractivity contribution in [2.75, 3.05) is 0 Å². The Morgan fingerprint density at radius 3 is 2.17 bits per heavy atom. The van der Waals surface area contributed by atoms with Crippen molar-refractivity contribution in [1.82, 2.24) is 4.90 Å². The number of amides is 2. The van der Waals surface area contributed by atoms with Gasteiger partial charge in [-0.1, -0.05) is 69.5 Å². The van der Waals surface area contributed by atoms with Crippen LogP contribution in [0.3, 0.4) is 0 Å². The van der Waals surface area contributed by atoms with Gasteiger partial charge in [0.05, 0.1) is 21.1 Å². The largest absolute Gasteiger partial charge is 0.469 e. The molecule has 7 nitrogen and oxygen atoms in total. The third-order valence-corrected chi connectivity index (χ3v) is 7.65. The summed E-state index contributed by atoms with van der Waals surface area (Å²) in [6.07, 6.45) is -1.77. The minimum Gasteiger partial charge on any atom is -0.469 e. The van der Waals surface area contributed by atoms with Gasteiger partial charge >= 0.3 is 0 Å². The standard InChI is InChI=1S/C19H16Cl3IN2O5/c1-18(2)29-13-11(25-15(26)7-5-3-4-6-8(7)16(25)27)9(23)10-12(14(13)30-18)28-17(24-10)19(20,21)22/h3-6,9-14H,1-2H3/t9?,10-,11+,12-,13+,14-/m0/s1. The summed E-state index contributed by atoms with van der Waals surface area (Å²) in [6.45, 7) is 3.54. The van der Waals surface area contributed by atoms with E-state index < -0.39 is 40.0 Å². The molecule has 3 aliphatic heterocycles. The molecule has 5 rings (SSSR count). The van der Waals surface area contributed by atoms with Crippen molar-refractivity contribution in [2.45, 2.75) is 57.7 Å². The first-order chi connectivity index (χ1) is 14.0. The average Bonchev–Trinajstić information content (AvgIpc) is 3.31. The van der Waals surface area contributed by atoms with E-state index in [2.05, 4.69) is 27.6 Å². The van der Waals surface area contributed by atoms with Crippen LogP contribution in [-0.4, -0.2) is 66.5 Å². The lowest BCUT2D eigenvalue weighted by atomic mass is 9.83. The molecule has 4 aliphatic rings. The van der Waals surface area contributed by atoms with Crippen molar-refractivity contribution in [3.63, 3.8) is 0 Å². The maximum atomic E-state index is 13.2. The second-order valence-electron chi connectivity index (χ2n) is 8.03. The van der Waals surface area contributed by atoms with Gasteiger partial charge in [-0.15, -0.1) is 0 Å². The Bertz CT molecular complexity index is 946. The number of rotatable bonds is 1. The Balaban J connectivity index is 1.58. The van der Waals surface area contributed by atoms with Crippen molar-refractivity contribution in [1.29, 1.82) is 0 Å². The van der Waals surface area contributed by atoms with Crippen LogP contribution in [0.15, 0.2) is 29.3 Å². The maximum Gasteiger partial charge on any atom is 0.266 e. The summed E-state index contributed by atoms with van der Waals surface area (Å²) in [5.74, 6) is -1.70. The van der Waals surface area contributed by atoms with Gasteiger partial charge in [-0.05, 0) is 26.0 Å². The third kappa shape index (κ3) is 3.09. The van der Waals surface area contributed by atoms with E-state index in [9.17, 15) is 9.59 Å². The number of ether oxygens (including phenoxy) is 3. The van der Waals surface area contributed by atoms with Gasteiger partial charge in [-0.3, -0.25) is 14.5 Å². The number of carbonyl (C=O) groups excluding carboxylic acids is 2. The number of halogens is 4. The second-order valence-corrected chi connectivity index (χ2v) is 11.8. The lowest BCUT2D eigenvalue weighted by Gasteiger charge is -2.43. The van der Waals surface area contributed by atoms with Gasteiger partial charge in [0.25, 0.3) is 15.6 Å². The van der Waals surface area contributed by atoms with Gasteiger partial charge in [0.15, 0.2) is 11.9 Å². The fourth-order valence-corrected chi connectivity index (χ4v) is 6.16. The first-order valence-electron chi connectivity index (χ1n) is 9.28. The Kier molecular flexibility index (Phi) is 4.89. The molecular weight excluding hydrogens is 569 g/mol. The van der Waals surface area contributed by atoms with Gasteiger partial charge in [0.1, 0.15) is 18.2 Å². The molecule has 1 aromatic rings. The maximum absolute atomic E-state index is 13.2. The highest BCUT2D eigenvalue weighted by atomic mass is 127. The summed E-state index contributed by atoms with van der Waals surface area (Å²) in [7, 11) is 0. The van der Waals surface area contributed by atoms with E-state index in [1.807, 2.05) is 0 Å². The molecule has 6 atom stereocenters. The molecule has 0 spiro atoms. The van der Waals surface area contributed by atoms with Crippen LogP contribution in [0.25, 0.3) is 0 Å². The van der Waals surface area contributed by atoms with Crippen LogP contribution in [0.2, 0.25) is 0 Å². The van der Waals surface area contributed by atoms with Gasteiger partial charge in [0, 0.05) is 0 Å². The summed E-state index contributed by atoms with van der Waals surface area (Å²) < 4.78 is 16.0. The zero-order valence-corrected chi connectivity index (χ0v) is 20.1. The number of hydrogen-bond acceptors (Lipinski definition) is 6. The molecule has 1 saturated heterocycles. The minimum absolute atomic E-state index is 0.0285. The summed E-state index contributed by atoms with van der Waals surface area (Å²) in [5.41, 5.74) is 0.743. The predicted molar refractivity (Wildman–Crippen MR) is 119 cm³/mol. The molecule has 30 heavy (non-hydrogen) atoms. The van der Waals surface area contributed by atoms with Crippen LogP contribution in [0.5, 0.6) is 0 Å². The number of fused-ring (bicyclic) bond motifs is 4. The van der Waals surface area contributed by atoms with Crippen LogP contribution in [-0.2, 0) is 14.2 Å². The Labute approximate surface area is 201 Å². The summed E-state index contributed by atoms with van der Waals surface area (Å²) >= 11 is 20.2. The third-order valence-electron chi connectivity index (χ3n) is 5.69. The highest BCUT2D eigenvalue weighted by molar-refractivity contribution is 14.1. The van der Waals surface area contributed by atoms with Crippen LogP contribution in [0, 0.1) is 0 Å². The van der Waals surface area contributed by atoms with Gasteiger partial charge in [-0.25, -0.2) is 4.99 Å². The van der Waals surface area contributed by atoms with E-state index in [0.717, 1.165) is 0 Å². The first-order valence-corrected chi connectivity index (χ1v) is 11.7. The Morgan fingerprint density at radius 1 is 1.03 bits per heavy atom. The molecule has 1 saturated carbocycles. The SMILES string of the molecule is CC1(C)O[C@H]2[C@H]3OC(C(Cl)(Cl)Cl)=N[C@H]3C(I)[C@@H](N3C(=O)c4ccccc4C3=O)[C@H]2O1. The van der Waals surface area contributed by atoms with Crippen molar-refractivity contribution in [2.24, 2.45) is 4.99 Å². The van der Waals surface area contributed by atoms with Crippen LogP contribution < -0.4 is 0 Å². The summed E-state index contributed by atoms with van der Waals surface area (Å²) in [4.78, 5) is 32.1. The Morgan fingerprint density at radius 2 is 1.60 bits per heavy atom. The molecule has 0 bridgehead atoms. The Hall–Kier alpha value is -0.650. The molecule has 3 heterocycles. The van der Waals surface area contributed by atoms with E-state index >= 15 is 0 Å². The van der Waals surface area contributed by atoms with Crippen LogP contribution in [0.4, 0.5) is 0 Å². The number of benzene rings is 1. The fourth-order valence-electron chi connectivity index (χ4n) is 4.58. The fraction of sp³-hybridized carbons (Fsp3) is 0.526. The van der Waals surface area contributed by atoms with E-state index in [1.165, 1.54) is 4.90 Å². The average molecular weight is 586 g/mol. The quantitative estimate of drug-likeness (QED) is 0.287. The van der Waals surface area contributed by atoms with E-state index in [1.54, 1.807) is 38.1 Å². The number of carbonyl (C=O) groups is 2. The smallest absolute Gasteiger partial charge is 0.266 e. The predicted octanol–water partition coefficient (Wildman–Crippen LogP) is 3.52. The molecule has 0 N–H and O–H groups in total. The zero-order valence-electron chi connectivity index (χ0n) is 15.7. The van der Waals surface area contributed by atoms with Crippen molar-refractivity contribution in [3.8, 4) is 0 Å². The molecule has 1 aliphatic carbocycles. The molecule has 0 radical (unpaired) electrons. The normalized spacial score (nSPS) is 36.9. The second kappa shape index (κ2) is 6.92. The topological polar surface area (TPSA) is 77.4 Å². The molecule has 2 fully saturated rings. The first kappa shape index (κ1) is 21.2. The monoisotopic (exact) mass is 584 g/mol. The van der Waals surface area contributed by atoms with Crippen LogP contribution >= 0.6 is 57.4 Å². The molecule has 2 amide bonds. The van der Waals surface area contributed by atoms with Crippen molar-refractivity contribution < 1.29 is 23.8 Å². The van der Waals surface area contributed by atoms with E-state index in [0.29, 0.717) is 11.1 Å². The molecule has 1 aromatic carbocycles. The van der Waals surface area contributed by atoms with E-state index in [-0.39, 0.29) is 21.6 Å². The molecule has 0 aromatic heterocycles. The number of imide groups is 1. The van der Waals surface area contributed by atoms with Crippen molar-refractivity contribution in [3.05, 3.63) is 35.4 Å². The minimum atomic E-state index is -1.83. The van der Waals surface area contributed by atoms with Crippen molar-refractivity contribution >= 4 is 75.1 Å². The van der Waals surface area contributed by atoms with Crippen LogP contribution in [0.1, 0.15) is 34.6 Å². The van der Waals surface area contributed by atoms with Gasteiger partial charge in [0.2, 0.25) is 5.90 Å². The van der Waals surface area contributed by atoms with E-state index in [4.69, 9.17) is 49.0 Å². The lowest BCUT2D eigenvalue weighted by molar-refractivity contribution is -0.153. The highest BCUT2D eigenvalue weighted by Gasteiger charge is 2.64. The molecular formula is C19H16Cl3IN2O5. The molecule has 160 valence electrons. The number of hydrogen-bond donors (Lipinski definition) is 0. The molecule has 1 unspecified atom stereocenters. The zero-order chi connectivity index (χ0) is 21.6. The number of nitrogens with zero attached hydrogens (tertiary/aromatic N) is 2. The highest BCUT2D eigenvalue weighted by Crippen LogP contribution is 2.48. The number of aliphatic imine (C=N–C) groups is 1. The summed E-state index contributed by atoms with van der Waals surface area (Å²) in [5, 5.41) is 0. The summed E-state index contributed by atoms with van der Waals surface area (Å²) in [6, 6.07) is 5.64. The van der Waals surface area contributed by atoms with Gasteiger partial charge < -0.3 is 14.2 Å².